The van der Waals surface area contributed by atoms with Crippen molar-refractivity contribution < 1.29 is 0 Å². The van der Waals surface area contributed by atoms with Crippen molar-refractivity contribution in [1.29, 1.82) is 5.26 Å². The number of fused-ring (bicyclic) bond motifs is 1. The molecule has 2 aliphatic rings. The Hall–Kier alpha value is -1.49. The van der Waals surface area contributed by atoms with E-state index in [-0.39, 0.29) is 0 Å². The lowest BCUT2D eigenvalue weighted by Crippen LogP contribution is -2.36. The predicted octanol–water partition coefficient (Wildman–Crippen LogP) is 3.13. The number of anilines is 1. The molecular weight excluding hydrogens is 208 g/mol. The van der Waals surface area contributed by atoms with Crippen molar-refractivity contribution in [2.24, 2.45) is 5.92 Å². The highest BCUT2D eigenvalue weighted by Gasteiger charge is 2.29. The highest BCUT2D eigenvalue weighted by molar-refractivity contribution is 5.58. The van der Waals surface area contributed by atoms with Gasteiger partial charge in [-0.3, -0.25) is 0 Å². The second-order valence-corrected chi connectivity index (χ2v) is 5.21. The van der Waals surface area contributed by atoms with Gasteiger partial charge in [-0.05, 0) is 43.7 Å². The first-order chi connectivity index (χ1) is 8.38. The van der Waals surface area contributed by atoms with Crippen LogP contribution < -0.4 is 4.90 Å². The zero-order chi connectivity index (χ0) is 11.7. The molecule has 0 saturated heterocycles. The molecule has 2 nitrogen and oxygen atoms in total. The van der Waals surface area contributed by atoms with Crippen LogP contribution in [0.1, 0.15) is 31.2 Å². The van der Waals surface area contributed by atoms with E-state index in [1.54, 1.807) is 0 Å². The predicted molar refractivity (Wildman–Crippen MR) is 68.9 cm³/mol. The number of para-hydroxylation sites is 1. The van der Waals surface area contributed by atoms with Crippen molar-refractivity contribution in [3.63, 3.8) is 0 Å². The van der Waals surface area contributed by atoms with Crippen LogP contribution in [0.2, 0.25) is 0 Å². The topological polar surface area (TPSA) is 27.0 Å². The SMILES string of the molecule is N#CC1CCC(N2CCc3ccccc32)CC1. The zero-order valence-electron chi connectivity index (χ0n) is 10.1. The molecule has 1 aromatic carbocycles. The lowest BCUT2D eigenvalue weighted by molar-refractivity contribution is 0.367. The standard InChI is InChI=1S/C15H18N2/c16-11-12-5-7-14(8-6-12)17-10-9-13-3-1-2-4-15(13)17/h1-4,12,14H,5-10H2. The average Bonchev–Trinajstić information content (AvgIpc) is 2.83. The van der Waals surface area contributed by atoms with Crippen LogP contribution in [0.5, 0.6) is 0 Å². The maximum Gasteiger partial charge on any atom is 0.0655 e. The van der Waals surface area contributed by atoms with Crippen LogP contribution in [-0.2, 0) is 6.42 Å². The third kappa shape index (κ3) is 1.91. The Morgan fingerprint density at radius 1 is 1.12 bits per heavy atom. The highest BCUT2D eigenvalue weighted by Crippen LogP contribution is 2.35. The maximum absolute atomic E-state index is 8.94. The number of nitriles is 1. The summed E-state index contributed by atoms with van der Waals surface area (Å²) >= 11 is 0. The van der Waals surface area contributed by atoms with Crippen molar-refractivity contribution >= 4 is 5.69 Å². The fraction of sp³-hybridized carbons (Fsp3) is 0.533. The minimum atomic E-state index is 0.309. The Kier molecular flexibility index (Phi) is 2.76. The van der Waals surface area contributed by atoms with Gasteiger partial charge < -0.3 is 4.90 Å². The molecule has 1 aliphatic heterocycles. The molecule has 0 aromatic heterocycles. The summed E-state index contributed by atoms with van der Waals surface area (Å²) in [6.45, 7) is 1.17. The molecule has 0 bridgehead atoms. The van der Waals surface area contributed by atoms with Crippen LogP contribution in [0, 0.1) is 17.2 Å². The van der Waals surface area contributed by atoms with E-state index in [1.807, 2.05) is 0 Å². The van der Waals surface area contributed by atoms with E-state index in [2.05, 4.69) is 35.2 Å². The first-order valence-electron chi connectivity index (χ1n) is 6.62. The maximum atomic E-state index is 8.94. The summed E-state index contributed by atoms with van der Waals surface area (Å²) in [4.78, 5) is 2.57. The van der Waals surface area contributed by atoms with Crippen LogP contribution in [0.25, 0.3) is 0 Å². The van der Waals surface area contributed by atoms with E-state index >= 15 is 0 Å². The summed E-state index contributed by atoms with van der Waals surface area (Å²) in [5, 5.41) is 8.94. The number of benzene rings is 1. The van der Waals surface area contributed by atoms with Gasteiger partial charge in [0.1, 0.15) is 0 Å². The largest absolute Gasteiger partial charge is 0.368 e. The van der Waals surface area contributed by atoms with Crippen LogP contribution in [0.4, 0.5) is 5.69 Å². The van der Waals surface area contributed by atoms with Crippen molar-refractivity contribution in [2.45, 2.75) is 38.1 Å². The summed E-state index contributed by atoms with van der Waals surface area (Å²) in [6.07, 6.45) is 5.73. The quantitative estimate of drug-likeness (QED) is 0.735. The molecule has 0 atom stereocenters. The molecule has 88 valence electrons. The Labute approximate surface area is 103 Å². The zero-order valence-corrected chi connectivity index (χ0v) is 10.1. The van der Waals surface area contributed by atoms with Gasteiger partial charge in [0.2, 0.25) is 0 Å². The van der Waals surface area contributed by atoms with Crippen molar-refractivity contribution in [3.05, 3.63) is 29.8 Å². The van der Waals surface area contributed by atoms with Gasteiger partial charge in [0, 0.05) is 24.2 Å². The highest BCUT2D eigenvalue weighted by atomic mass is 15.2. The Morgan fingerprint density at radius 2 is 1.88 bits per heavy atom. The molecule has 1 heterocycles. The fourth-order valence-corrected chi connectivity index (χ4v) is 3.26. The van der Waals surface area contributed by atoms with Gasteiger partial charge in [0.15, 0.2) is 0 Å². The van der Waals surface area contributed by atoms with Gasteiger partial charge in [0.05, 0.1) is 6.07 Å². The molecule has 3 rings (SSSR count). The van der Waals surface area contributed by atoms with E-state index in [0.29, 0.717) is 12.0 Å². The summed E-state index contributed by atoms with van der Waals surface area (Å²) in [6, 6.07) is 11.9. The Morgan fingerprint density at radius 3 is 2.65 bits per heavy atom. The summed E-state index contributed by atoms with van der Waals surface area (Å²) in [5.41, 5.74) is 2.93. The van der Waals surface area contributed by atoms with Crippen LogP contribution in [-0.4, -0.2) is 12.6 Å². The minimum Gasteiger partial charge on any atom is -0.368 e. The van der Waals surface area contributed by atoms with Crippen LogP contribution >= 0.6 is 0 Å². The van der Waals surface area contributed by atoms with Crippen molar-refractivity contribution in [1.82, 2.24) is 0 Å². The van der Waals surface area contributed by atoms with Gasteiger partial charge in [-0.15, -0.1) is 0 Å². The number of hydrogen-bond donors (Lipinski definition) is 0. The molecule has 0 N–H and O–H groups in total. The summed E-state index contributed by atoms with van der Waals surface area (Å²) in [7, 11) is 0. The fourth-order valence-electron chi connectivity index (χ4n) is 3.26. The first kappa shape index (κ1) is 10.7. The number of hydrogen-bond acceptors (Lipinski definition) is 2. The van der Waals surface area contributed by atoms with Crippen LogP contribution in [0.3, 0.4) is 0 Å². The molecule has 0 amide bonds. The van der Waals surface area contributed by atoms with Gasteiger partial charge in [-0.25, -0.2) is 0 Å². The molecule has 17 heavy (non-hydrogen) atoms. The summed E-state index contributed by atoms with van der Waals surface area (Å²) in [5.74, 6) is 0.309. The third-order valence-corrected chi connectivity index (χ3v) is 4.24. The minimum absolute atomic E-state index is 0.309. The second kappa shape index (κ2) is 4.41. The number of nitrogens with zero attached hydrogens (tertiary/aromatic N) is 2. The van der Waals surface area contributed by atoms with Gasteiger partial charge in [-0.1, -0.05) is 18.2 Å². The van der Waals surface area contributed by atoms with E-state index in [0.717, 1.165) is 12.8 Å². The molecule has 0 radical (unpaired) electrons. The molecule has 1 aromatic rings. The first-order valence-corrected chi connectivity index (χ1v) is 6.62. The van der Waals surface area contributed by atoms with Gasteiger partial charge in [0.25, 0.3) is 0 Å². The molecule has 1 aliphatic carbocycles. The van der Waals surface area contributed by atoms with E-state index < -0.39 is 0 Å². The average molecular weight is 226 g/mol. The van der Waals surface area contributed by atoms with Crippen molar-refractivity contribution in [2.75, 3.05) is 11.4 Å². The third-order valence-electron chi connectivity index (χ3n) is 4.24. The smallest absolute Gasteiger partial charge is 0.0655 e. The van der Waals surface area contributed by atoms with Crippen LogP contribution in [0.15, 0.2) is 24.3 Å². The molecular formula is C15H18N2. The Balaban J connectivity index is 1.73. The van der Waals surface area contributed by atoms with E-state index in [4.69, 9.17) is 5.26 Å². The van der Waals surface area contributed by atoms with Gasteiger partial charge in [-0.2, -0.15) is 5.26 Å². The molecule has 2 heteroatoms. The Bertz CT molecular complexity index is 438. The van der Waals surface area contributed by atoms with Crippen molar-refractivity contribution in [3.8, 4) is 6.07 Å². The molecule has 1 fully saturated rings. The molecule has 0 unspecified atom stereocenters. The molecule has 0 spiro atoms. The van der Waals surface area contributed by atoms with E-state index in [1.165, 1.54) is 37.1 Å². The monoisotopic (exact) mass is 226 g/mol. The number of rotatable bonds is 1. The molecule has 1 saturated carbocycles. The second-order valence-electron chi connectivity index (χ2n) is 5.21. The normalized spacial score (nSPS) is 27.6. The van der Waals surface area contributed by atoms with Gasteiger partial charge >= 0.3 is 0 Å². The lowest BCUT2D eigenvalue weighted by Gasteiger charge is -2.34. The lowest BCUT2D eigenvalue weighted by atomic mass is 9.86. The summed E-state index contributed by atoms with van der Waals surface area (Å²) < 4.78 is 0. The van der Waals surface area contributed by atoms with E-state index in [9.17, 15) is 0 Å².